The molecular weight excluding hydrogens is 174 g/mol. The Morgan fingerprint density at radius 3 is 2.60 bits per heavy atom. The van der Waals surface area contributed by atoms with E-state index in [1.54, 1.807) is 0 Å². The molecule has 10 heavy (non-hydrogen) atoms. The highest BCUT2D eigenvalue weighted by atomic mass is 35.7. The lowest BCUT2D eigenvalue weighted by molar-refractivity contribution is 0.605. The third-order valence-electron chi connectivity index (χ3n) is 1.50. The fourth-order valence-electron chi connectivity index (χ4n) is 0.846. The van der Waals surface area contributed by atoms with Gasteiger partial charge in [0, 0.05) is 10.7 Å². The van der Waals surface area contributed by atoms with E-state index in [9.17, 15) is 8.42 Å². The standard InChI is InChI=1S/C5H6ClNO2S/c6-10(8,9)3-5-1-4(5)2-7/h4-5H,1,3H2/t4-,5+/m1/s1. The highest BCUT2D eigenvalue weighted by molar-refractivity contribution is 8.13. The largest absolute Gasteiger partial charge is 0.232 e. The summed E-state index contributed by atoms with van der Waals surface area (Å²) < 4.78 is 20.8. The van der Waals surface area contributed by atoms with Crippen molar-refractivity contribution >= 4 is 19.7 Å². The quantitative estimate of drug-likeness (QED) is 0.587. The van der Waals surface area contributed by atoms with E-state index in [4.69, 9.17) is 15.9 Å². The molecule has 1 aliphatic rings. The first kappa shape index (κ1) is 7.83. The molecule has 1 rings (SSSR count). The monoisotopic (exact) mass is 179 g/mol. The van der Waals surface area contributed by atoms with E-state index >= 15 is 0 Å². The van der Waals surface area contributed by atoms with Crippen LogP contribution >= 0.6 is 10.7 Å². The minimum Gasteiger partial charge on any atom is -0.212 e. The Bertz CT molecular complexity index is 266. The van der Waals surface area contributed by atoms with Gasteiger partial charge in [-0.2, -0.15) is 5.26 Å². The number of nitriles is 1. The molecule has 1 fully saturated rings. The second-order valence-corrected chi connectivity index (χ2v) is 5.26. The Hall–Kier alpha value is -0.270. The van der Waals surface area contributed by atoms with Gasteiger partial charge in [0.1, 0.15) is 0 Å². The van der Waals surface area contributed by atoms with Gasteiger partial charge in [0.2, 0.25) is 9.05 Å². The SMILES string of the molecule is N#C[C@H]1C[C@H]1CS(=O)(=O)Cl. The summed E-state index contributed by atoms with van der Waals surface area (Å²) >= 11 is 0. The Kier molecular flexibility index (Phi) is 1.88. The molecule has 0 unspecified atom stereocenters. The number of rotatable bonds is 2. The van der Waals surface area contributed by atoms with Crippen LogP contribution in [0, 0.1) is 23.2 Å². The van der Waals surface area contributed by atoms with Crippen LogP contribution in [0.5, 0.6) is 0 Å². The van der Waals surface area contributed by atoms with Crippen LogP contribution in [0.3, 0.4) is 0 Å². The minimum absolute atomic E-state index is 0.00694. The van der Waals surface area contributed by atoms with Crippen LogP contribution in [0.1, 0.15) is 6.42 Å². The summed E-state index contributed by atoms with van der Waals surface area (Å²) in [5, 5.41) is 8.29. The van der Waals surface area contributed by atoms with Gasteiger partial charge in [0.15, 0.2) is 0 Å². The number of hydrogen-bond acceptors (Lipinski definition) is 3. The number of halogens is 1. The molecule has 0 saturated heterocycles. The smallest absolute Gasteiger partial charge is 0.212 e. The summed E-state index contributed by atoms with van der Waals surface area (Å²) in [6.07, 6.45) is 0.683. The molecule has 0 N–H and O–H groups in total. The molecule has 0 radical (unpaired) electrons. The zero-order chi connectivity index (χ0) is 7.78. The first-order valence-electron chi connectivity index (χ1n) is 2.85. The minimum atomic E-state index is -3.38. The first-order valence-corrected chi connectivity index (χ1v) is 5.33. The van der Waals surface area contributed by atoms with Crippen LogP contribution in [-0.2, 0) is 9.05 Å². The summed E-state index contributed by atoms with van der Waals surface area (Å²) in [5.41, 5.74) is 0. The van der Waals surface area contributed by atoms with Gasteiger partial charge in [0.25, 0.3) is 0 Å². The van der Waals surface area contributed by atoms with Gasteiger partial charge in [-0.05, 0) is 12.3 Å². The van der Waals surface area contributed by atoms with Crippen molar-refractivity contribution in [3.63, 3.8) is 0 Å². The van der Waals surface area contributed by atoms with E-state index in [1.165, 1.54) is 0 Å². The lowest BCUT2D eigenvalue weighted by Crippen LogP contribution is -1.99. The molecule has 1 aliphatic carbocycles. The third kappa shape index (κ3) is 2.16. The number of nitrogens with zero attached hydrogens (tertiary/aromatic N) is 1. The molecule has 2 atom stereocenters. The van der Waals surface area contributed by atoms with Crippen molar-refractivity contribution in [1.29, 1.82) is 5.26 Å². The lowest BCUT2D eigenvalue weighted by atomic mass is 10.4. The van der Waals surface area contributed by atoms with Crippen LogP contribution in [0.2, 0.25) is 0 Å². The average molecular weight is 180 g/mol. The Morgan fingerprint density at radius 1 is 1.70 bits per heavy atom. The highest BCUT2D eigenvalue weighted by Crippen LogP contribution is 2.39. The third-order valence-corrected chi connectivity index (χ3v) is 2.71. The zero-order valence-corrected chi connectivity index (χ0v) is 6.69. The highest BCUT2D eigenvalue weighted by Gasteiger charge is 2.39. The molecule has 5 heteroatoms. The van der Waals surface area contributed by atoms with E-state index in [0.29, 0.717) is 6.42 Å². The maximum absolute atomic E-state index is 10.4. The van der Waals surface area contributed by atoms with Crippen molar-refractivity contribution in [2.24, 2.45) is 11.8 Å². The second-order valence-electron chi connectivity index (χ2n) is 2.44. The lowest BCUT2D eigenvalue weighted by Gasteiger charge is -1.88. The molecule has 0 aromatic rings. The van der Waals surface area contributed by atoms with Crippen molar-refractivity contribution in [2.75, 3.05) is 5.75 Å². The van der Waals surface area contributed by atoms with E-state index < -0.39 is 9.05 Å². The van der Waals surface area contributed by atoms with Gasteiger partial charge in [0.05, 0.1) is 17.7 Å². The summed E-state index contributed by atoms with van der Waals surface area (Å²) in [7, 11) is 1.57. The van der Waals surface area contributed by atoms with Crippen LogP contribution < -0.4 is 0 Å². The van der Waals surface area contributed by atoms with Crippen molar-refractivity contribution in [3.8, 4) is 6.07 Å². The topological polar surface area (TPSA) is 57.9 Å². The van der Waals surface area contributed by atoms with Gasteiger partial charge in [-0.15, -0.1) is 0 Å². The Morgan fingerprint density at radius 2 is 2.30 bits per heavy atom. The molecule has 0 aromatic heterocycles. The molecule has 56 valence electrons. The van der Waals surface area contributed by atoms with Crippen LogP contribution in [0.25, 0.3) is 0 Å². The summed E-state index contributed by atoms with van der Waals surface area (Å²) in [6, 6.07) is 1.99. The maximum Gasteiger partial charge on any atom is 0.232 e. The number of hydrogen-bond donors (Lipinski definition) is 0. The van der Waals surface area contributed by atoms with E-state index in [0.717, 1.165) is 0 Å². The molecule has 0 bridgehead atoms. The second kappa shape index (κ2) is 2.40. The maximum atomic E-state index is 10.4. The van der Waals surface area contributed by atoms with Gasteiger partial charge >= 0.3 is 0 Å². The fourth-order valence-corrected chi connectivity index (χ4v) is 2.21. The van der Waals surface area contributed by atoms with Gasteiger partial charge in [-0.3, -0.25) is 0 Å². The summed E-state index contributed by atoms with van der Waals surface area (Å²) in [5.74, 6) is -0.131. The Labute approximate surface area is 64.0 Å². The summed E-state index contributed by atoms with van der Waals surface area (Å²) in [6.45, 7) is 0. The first-order chi connectivity index (χ1) is 4.53. The predicted octanol–water partition coefficient (Wildman–Crippen LogP) is 0.715. The van der Waals surface area contributed by atoms with Crippen LogP contribution in [0.15, 0.2) is 0 Å². The molecule has 1 saturated carbocycles. The van der Waals surface area contributed by atoms with Gasteiger partial charge < -0.3 is 0 Å². The van der Waals surface area contributed by atoms with Gasteiger partial charge in [-0.25, -0.2) is 8.42 Å². The van der Waals surface area contributed by atoms with Crippen LogP contribution in [0.4, 0.5) is 0 Å². The normalized spacial score (nSPS) is 31.2. The summed E-state index contributed by atoms with van der Waals surface area (Å²) in [4.78, 5) is 0. The van der Waals surface area contributed by atoms with Crippen molar-refractivity contribution in [1.82, 2.24) is 0 Å². The van der Waals surface area contributed by atoms with Crippen molar-refractivity contribution < 1.29 is 8.42 Å². The van der Waals surface area contributed by atoms with E-state index in [-0.39, 0.29) is 17.6 Å². The zero-order valence-electron chi connectivity index (χ0n) is 5.12. The predicted molar refractivity (Wildman–Crippen MR) is 36.8 cm³/mol. The fraction of sp³-hybridized carbons (Fsp3) is 0.800. The molecule has 0 heterocycles. The van der Waals surface area contributed by atoms with Crippen molar-refractivity contribution in [2.45, 2.75) is 6.42 Å². The molecule has 0 aliphatic heterocycles. The van der Waals surface area contributed by atoms with E-state index in [2.05, 4.69) is 0 Å². The molecule has 0 aromatic carbocycles. The molecule has 3 nitrogen and oxygen atoms in total. The van der Waals surface area contributed by atoms with Crippen molar-refractivity contribution in [3.05, 3.63) is 0 Å². The average Bonchev–Trinajstić information content (AvgIpc) is 2.42. The molecule has 0 spiro atoms. The molecular formula is C5H6ClNO2S. The van der Waals surface area contributed by atoms with E-state index in [1.807, 2.05) is 6.07 Å². The molecule has 0 amide bonds. The van der Waals surface area contributed by atoms with Crippen LogP contribution in [-0.4, -0.2) is 14.2 Å². The van der Waals surface area contributed by atoms with Gasteiger partial charge in [-0.1, -0.05) is 0 Å². The Balaban J connectivity index is 2.40.